The summed E-state index contributed by atoms with van der Waals surface area (Å²) in [5.41, 5.74) is 1.00. The number of nitrogens with zero attached hydrogens (tertiary/aromatic N) is 2. The van der Waals surface area contributed by atoms with E-state index in [1.54, 1.807) is 7.11 Å². The third kappa shape index (κ3) is 3.46. The molecule has 124 valence electrons. The number of aromatic nitrogens is 2. The van der Waals surface area contributed by atoms with Gasteiger partial charge in [-0.1, -0.05) is 55.3 Å². The summed E-state index contributed by atoms with van der Waals surface area (Å²) < 4.78 is 11.0. The molecular formula is C18H25N3O2. The first-order valence-corrected chi connectivity index (χ1v) is 8.43. The summed E-state index contributed by atoms with van der Waals surface area (Å²) in [5, 5.41) is 7.92. The SMILES string of the molecule is CCc1nc(C2(NC[C@H](OC)c3ccccc3)CCCC2)no1. The van der Waals surface area contributed by atoms with Crippen molar-refractivity contribution in [3.8, 4) is 0 Å². The Morgan fingerprint density at radius 1 is 1.26 bits per heavy atom. The zero-order chi connectivity index (χ0) is 16.1. The van der Waals surface area contributed by atoms with E-state index in [1.807, 2.05) is 25.1 Å². The van der Waals surface area contributed by atoms with Crippen LogP contribution < -0.4 is 5.32 Å². The van der Waals surface area contributed by atoms with E-state index < -0.39 is 0 Å². The highest BCUT2D eigenvalue weighted by Crippen LogP contribution is 2.37. The number of nitrogens with one attached hydrogen (secondary N) is 1. The highest BCUT2D eigenvalue weighted by Gasteiger charge is 2.40. The van der Waals surface area contributed by atoms with Crippen LogP contribution in [0.1, 0.15) is 56.0 Å². The van der Waals surface area contributed by atoms with Crippen LogP contribution in [-0.2, 0) is 16.7 Å². The predicted octanol–water partition coefficient (Wildman–Crippen LogP) is 3.38. The van der Waals surface area contributed by atoms with Crippen molar-refractivity contribution in [1.82, 2.24) is 15.5 Å². The lowest BCUT2D eigenvalue weighted by Gasteiger charge is -2.29. The first-order chi connectivity index (χ1) is 11.3. The summed E-state index contributed by atoms with van der Waals surface area (Å²) in [5.74, 6) is 1.51. The minimum absolute atomic E-state index is 0.0196. The fourth-order valence-corrected chi connectivity index (χ4v) is 3.34. The molecule has 0 unspecified atom stereocenters. The van der Waals surface area contributed by atoms with Crippen molar-refractivity contribution in [2.45, 2.75) is 50.7 Å². The topological polar surface area (TPSA) is 60.2 Å². The summed E-state index contributed by atoms with van der Waals surface area (Å²) >= 11 is 0. The molecule has 1 aliphatic rings. The number of hydrogen-bond donors (Lipinski definition) is 1. The van der Waals surface area contributed by atoms with E-state index in [4.69, 9.17) is 9.26 Å². The van der Waals surface area contributed by atoms with E-state index in [9.17, 15) is 0 Å². The maximum atomic E-state index is 5.68. The van der Waals surface area contributed by atoms with Gasteiger partial charge in [-0.05, 0) is 18.4 Å². The Morgan fingerprint density at radius 3 is 2.61 bits per heavy atom. The van der Waals surface area contributed by atoms with Gasteiger partial charge in [0, 0.05) is 20.1 Å². The second-order valence-electron chi connectivity index (χ2n) is 6.17. The van der Waals surface area contributed by atoms with Crippen molar-refractivity contribution < 1.29 is 9.26 Å². The Morgan fingerprint density at radius 2 is 2.00 bits per heavy atom. The van der Waals surface area contributed by atoms with E-state index >= 15 is 0 Å². The smallest absolute Gasteiger partial charge is 0.226 e. The third-order valence-corrected chi connectivity index (χ3v) is 4.74. The lowest BCUT2D eigenvalue weighted by Crippen LogP contribution is -2.43. The van der Waals surface area contributed by atoms with Crippen LogP contribution in [0, 0.1) is 0 Å². The average Bonchev–Trinajstić information content (AvgIpc) is 3.26. The van der Waals surface area contributed by atoms with Gasteiger partial charge in [0.25, 0.3) is 0 Å². The van der Waals surface area contributed by atoms with Crippen LogP contribution in [0.3, 0.4) is 0 Å². The number of methoxy groups -OCH3 is 1. The van der Waals surface area contributed by atoms with Gasteiger partial charge in [-0.3, -0.25) is 0 Å². The second kappa shape index (κ2) is 7.23. The zero-order valence-electron chi connectivity index (χ0n) is 13.9. The zero-order valence-corrected chi connectivity index (χ0v) is 13.9. The van der Waals surface area contributed by atoms with Crippen molar-refractivity contribution in [2.24, 2.45) is 0 Å². The van der Waals surface area contributed by atoms with Crippen LogP contribution in [0.15, 0.2) is 34.9 Å². The molecular weight excluding hydrogens is 290 g/mol. The van der Waals surface area contributed by atoms with Gasteiger partial charge in [0.15, 0.2) is 5.82 Å². The van der Waals surface area contributed by atoms with Crippen molar-refractivity contribution in [3.05, 3.63) is 47.6 Å². The Bertz CT molecular complexity index is 606. The van der Waals surface area contributed by atoms with Gasteiger partial charge in [0.2, 0.25) is 5.89 Å². The van der Waals surface area contributed by atoms with Crippen molar-refractivity contribution >= 4 is 0 Å². The highest BCUT2D eigenvalue weighted by molar-refractivity contribution is 5.18. The fourth-order valence-electron chi connectivity index (χ4n) is 3.34. The molecule has 5 heteroatoms. The molecule has 1 aromatic heterocycles. The minimum Gasteiger partial charge on any atom is -0.375 e. The second-order valence-corrected chi connectivity index (χ2v) is 6.17. The van der Waals surface area contributed by atoms with Crippen molar-refractivity contribution in [3.63, 3.8) is 0 Å². The van der Waals surface area contributed by atoms with Gasteiger partial charge >= 0.3 is 0 Å². The molecule has 0 aliphatic heterocycles. The Balaban J connectivity index is 1.74. The maximum absolute atomic E-state index is 5.68. The molecule has 0 amide bonds. The molecule has 5 nitrogen and oxygen atoms in total. The summed E-state index contributed by atoms with van der Waals surface area (Å²) in [7, 11) is 1.75. The molecule has 0 saturated heterocycles. The molecule has 0 bridgehead atoms. The summed E-state index contributed by atoms with van der Waals surface area (Å²) in [6, 6.07) is 10.3. The van der Waals surface area contributed by atoms with E-state index in [0.717, 1.165) is 31.6 Å². The van der Waals surface area contributed by atoms with Gasteiger partial charge < -0.3 is 14.6 Å². The van der Waals surface area contributed by atoms with Gasteiger partial charge in [-0.2, -0.15) is 4.98 Å². The molecule has 1 saturated carbocycles. The summed E-state index contributed by atoms with van der Waals surface area (Å²) in [4.78, 5) is 4.58. The molecule has 1 fully saturated rings. The van der Waals surface area contributed by atoms with E-state index in [1.165, 1.54) is 18.4 Å². The van der Waals surface area contributed by atoms with Gasteiger partial charge in [-0.15, -0.1) is 0 Å². The minimum atomic E-state index is -0.178. The molecule has 1 aliphatic carbocycles. The predicted molar refractivity (Wildman–Crippen MR) is 88.0 cm³/mol. The Hall–Kier alpha value is -1.72. The molecule has 1 aromatic carbocycles. The van der Waals surface area contributed by atoms with Crippen LogP contribution in [0.5, 0.6) is 0 Å². The standard InChI is InChI=1S/C18H25N3O2/c1-3-16-20-17(21-23-16)18(11-7-8-12-18)19-13-15(22-2)14-9-5-4-6-10-14/h4-6,9-10,15,19H,3,7-8,11-13H2,1-2H3/t15-/m0/s1. The fraction of sp³-hybridized carbons (Fsp3) is 0.556. The van der Waals surface area contributed by atoms with Gasteiger partial charge in [0.1, 0.15) is 0 Å². The van der Waals surface area contributed by atoms with E-state index in [0.29, 0.717) is 5.89 Å². The number of aryl methyl sites for hydroxylation is 1. The van der Waals surface area contributed by atoms with Gasteiger partial charge in [-0.25, -0.2) is 0 Å². The maximum Gasteiger partial charge on any atom is 0.226 e. The number of hydrogen-bond acceptors (Lipinski definition) is 5. The molecule has 1 atom stereocenters. The lowest BCUT2D eigenvalue weighted by atomic mass is 9.95. The number of ether oxygens (including phenoxy) is 1. The van der Waals surface area contributed by atoms with Crippen molar-refractivity contribution in [1.29, 1.82) is 0 Å². The largest absolute Gasteiger partial charge is 0.375 e. The highest BCUT2D eigenvalue weighted by atomic mass is 16.5. The molecule has 2 aromatic rings. The summed E-state index contributed by atoms with van der Waals surface area (Å²) in [6.07, 6.45) is 5.25. The molecule has 1 N–H and O–H groups in total. The normalized spacial score (nSPS) is 18.2. The molecule has 23 heavy (non-hydrogen) atoms. The van der Waals surface area contributed by atoms with E-state index in [2.05, 4.69) is 27.6 Å². The first kappa shape index (κ1) is 16.1. The quantitative estimate of drug-likeness (QED) is 0.849. The third-order valence-electron chi connectivity index (χ3n) is 4.74. The monoisotopic (exact) mass is 315 g/mol. The molecule has 3 rings (SSSR count). The molecule has 0 spiro atoms. The van der Waals surface area contributed by atoms with Crippen molar-refractivity contribution in [2.75, 3.05) is 13.7 Å². The van der Waals surface area contributed by atoms with Gasteiger partial charge in [0.05, 0.1) is 11.6 Å². The molecule has 1 heterocycles. The summed E-state index contributed by atoms with van der Waals surface area (Å²) in [6.45, 7) is 2.76. The van der Waals surface area contributed by atoms with Crippen LogP contribution in [0.25, 0.3) is 0 Å². The first-order valence-electron chi connectivity index (χ1n) is 8.43. The van der Waals surface area contributed by atoms with Crippen LogP contribution >= 0.6 is 0 Å². The average molecular weight is 315 g/mol. The van der Waals surface area contributed by atoms with Crippen LogP contribution in [-0.4, -0.2) is 23.8 Å². The molecule has 0 radical (unpaired) electrons. The van der Waals surface area contributed by atoms with Crippen LogP contribution in [0.4, 0.5) is 0 Å². The Kier molecular flexibility index (Phi) is 5.08. The number of benzene rings is 1. The van der Waals surface area contributed by atoms with Crippen LogP contribution in [0.2, 0.25) is 0 Å². The lowest BCUT2D eigenvalue weighted by molar-refractivity contribution is 0.0908. The number of rotatable bonds is 7. The van der Waals surface area contributed by atoms with E-state index in [-0.39, 0.29) is 11.6 Å². The Labute approximate surface area is 137 Å².